The molecule has 0 aliphatic heterocycles. The van der Waals surface area contributed by atoms with E-state index in [1.807, 2.05) is 24.3 Å². The SMILES string of the molecule is C=CCOc1ccc(NCC(=O)Nc2ccc(Cl)c(C(=O)NC3CCCCC3)c2)cc1. The van der Waals surface area contributed by atoms with Crippen LogP contribution in [0.5, 0.6) is 5.75 Å². The van der Waals surface area contributed by atoms with E-state index in [9.17, 15) is 9.59 Å². The fourth-order valence-corrected chi connectivity index (χ4v) is 3.70. The number of anilines is 2. The molecule has 0 unspecified atom stereocenters. The molecular weight excluding hydrogens is 414 g/mol. The standard InChI is InChI=1S/C24H28ClN3O3/c1-2-14-31-20-11-8-17(9-12-20)26-16-23(29)27-19-10-13-22(25)21(15-19)24(30)28-18-6-4-3-5-7-18/h2,8-13,15,18,26H,1,3-7,14,16H2,(H,27,29)(H,28,30). The molecule has 6 nitrogen and oxygen atoms in total. The quantitative estimate of drug-likeness (QED) is 0.477. The highest BCUT2D eigenvalue weighted by atomic mass is 35.5. The lowest BCUT2D eigenvalue weighted by molar-refractivity contribution is -0.114. The fourth-order valence-electron chi connectivity index (χ4n) is 3.50. The second kappa shape index (κ2) is 11.4. The molecule has 2 aromatic rings. The van der Waals surface area contributed by atoms with Crippen molar-refractivity contribution >= 4 is 34.8 Å². The van der Waals surface area contributed by atoms with Crippen molar-refractivity contribution in [2.75, 3.05) is 23.8 Å². The van der Waals surface area contributed by atoms with Gasteiger partial charge in [0.2, 0.25) is 5.91 Å². The molecule has 0 heterocycles. The van der Waals surface area contributed by atoms with Crippen molar-refractivity contribution in [3.05, 3.63) is 65.7 Å². The number of carbonyl (C=O) groups is 2. The number of halogens is 1. The lowest BCUT2D eigenvalue weighted by atomic mass is 9.95. The minimum Gasteiger partial charge on any atom is -0.490 e. The topological polar surface area (TPSA) is 79.5 Å². The molecule has 3 rings (SSSR count). The fraction of sp³-hybridized carbons (Fsp3) is 0.333. The van der Waals surface area contributed by atoms with Gasteiger partial charge in [-0.05, 0) is 55.3 Å². The zero-order valence-electron chi connectivity index (χ0n) is 17.5. The van der Waals surface area contributed by atoms with Gasteiger partial charge in [0, 0.05) is 17.4 Å². The highest BCUT2D eigenvalue weighted by Gasteiger charge is 2.19. The van der Waals surface area contributed by atoms with Crippen molar-refractivity contribution in [2.45, 2.75) is 38.1 Å². The van der Waals surface area contributed by atoms with Crippen LogP contribution in [0.25, 0.3) is 0 Å². The first-order valence-corrected chi connectivity index (χ1v) is 10.9. The number of hydrogen-bond acceptors (Lipinski definition) is 4. The van der Waals surface area contributed by atoms with Crippen LogP contribution in [-0.4, -0.2) is 31.0 Å². The monoisotopic (exact) mass is 441 g/mol. The van der Waals surface area contributed by atoms with Crippen LogP contribution in [0.2, 0.25) is 5.02 Å². The first-order chi connectivity index (χ1) is 15.0. The summed E-state index contributed by atoms with van der Waals surface area (Å²) >= 11 is 6.23. The van der Waals surface area contributed by atoms with Crippen molar-refractivity contribution in [1.82, 2.24) is 5.32 Å². The summed E-state index contributed by atoms with van der Waals surface area (Å²) in [6, 6.07) is 12.4. The van der Waals surface area contributed by atoms with Gasteiger partial charge in [0.05, 0.1) is 17.1 Å². The summed E-state index contributed by atoms with van der Waals surface area (Å²) in [4.78, 5) is 25.0. The normalized spacial score (nSPS) is 13.8. The van der Waals surface area contributed by atoms with Crippen molar-refractivity contribution in [3.63, 3.8) is 0 Å². The molecule has 0 bridgehead atoms. The smallest absolute Gasteiger partial charge is 0.253 e. The molecule has 0 spiro atoms. The van der Waals surface area contributed by atoms with E-state index in [1.165, 1.54) is 6.42 Å². The third kappa shape index (κ3) is 7.03. The van der Waals surface area contributed by atoms with Crippen LogP contribution in [0.1, 0.15) is 42.5 Å². The van der Waals surface area contributed by atoms with E-state index in [2.05, 4.69) is 22.5 Å². The Morgan fingerprint density at radius 3 is 2.48 bits per heavy atom. The number of carbonyl (C=O) groups excluding carboxylic acids is 2. The summed E-state index contributed by atoms with van der Waals surface area (Å²) in [6.45, 7) is 4.13. The lowest BCUT2D eigenvalue weighted by Crippen LogP contribution is -2.36. The van der Waals surface area contributed by atoms with Crippen molar-refractivity contribution in [3.8, 4) is 5.75 Å². The zero-order chi connectivity index (χ0) is 22.1. The third-order valence-electron chi connectivity index (χ3n) is 5.11. The highest BCUT2D eigenvalue weighted by molar-refractivity contribution is 6.34. The van der Waals surface area contributed by atoms with Crippen LogP contribution >= 0.6 is 11.6 Å². The predicted molar refractivity (Wildman–Crippen MR) is 125 cm³/mol. The maximum absolute atomic E-state index is 12.6. The van der Waals surface area contributed by atoms with Crippen LogP contribution in [0.15, 0.2) is 55.1 Å². The number of benzene rings is 2. The molecule has 2 amide bonds. The molecule has 164 valence electrons. The van der Waals surface area contributed by atoms with Crippen LogP contribution in [-0.2, 0) is 4.79 Å². The van der Waals surface area contributed by atoms with E-state index >= 15 is 0 Å². The van der Waals surface area contributed by atoms with E-state index in [4.69, 9.17) is 16.3 Å². The molecule has 0 saturated heterocycles. The Hall–Kier alpha value is -2.99. The first kappa shape index (κ1) is 22.7. The summed E-state index contributed by atoms with van der Waals surface area (Å²) in [5.41, 5.74) is 1.69. The van der Waals surface area contributed by atoms with E-state index < -0.39 is 0 Å². The van der Waals surface area contributed by atoms with Gasteiger partial charge in [-0.2, -0.15) is 0 Å². The lowest BCUT2D eigenvalue weighted by Gasteiger charge is -2.23. The van der Waals surface area contributed by atoms with Gasteiger partial charge in [0.25, 0.3) is 5.91 Å². The minimum absolute atomic E-state index is 0.0824. The second-order valence-corrected chi connectivity index (χ2v) is 7.94. The van der Waals surface area contributed by atoms with Gasteiger partial charge in [-0.1, -0.05) is 43.5 Å². The number of amides is 2. The molecule has 0 atom stereocenters. The molecule has 0 aromatic heterocycles. The Kier molecular flexibility index (Phi) is 8.35. The molecule has 1 saturated carbocycles. The summed E-state index contributed by atoms with van der Waals surface area (Å²) in [6.07, 6.45) is 7.15. The molecule has 31 heavy (non-hydrogen) atoms. The average Bonchev–Trinajstić information content (AvgIpc) is 2.79. The Labute approximate surface area is 188 Å². The molecule has 0 radical (unpaired) electrons. The zero-order valence-corrected chi connectivity index (χ0v) is 18.2. The molecule has 1 fully saturated rings. The van der Waals surface area contributed by atoms with E-state index in [1.54, 1.807) is 24.3 Å². The number of rotatable bonds is 9. The van der Waals surface area contributed by atoms with Gasteiger partial charge < -0.3 is 20.7 Å². The third-order valence-corrected chi connectivity index (χ3v) is 5.44. The number of hydrogen-bond donors (Lipinski definition) is 3. The Morgan fingerprint density at radius 2 is 1.77 bits per heavy atom. The average molecular weight is 442 g/mol. The van der Waals surface area contributed by atoms with Gasteiger partial charge in [0.15, 0.2) is 0 Å². The van der Waals surface area contributed by atoms with Gasteiger partial charge >= 0.3 is 0 Å². The molecule has 3 N–H and O–H groups in total. The van der Waals surface area contributed by atoms with Crippen LogP contribution in [0.4, 0.5) is 11.4 Å². The van der Waals surface area contributed by atoms with Gasteiger partial charge in [-0.3, -0.25) is 9.59 Å². The van der Waals surface area contributed by atoms with E-state index in [0.717, 1.165) is 37.1 Å². The van der Waals surface area contributed by atoms with Crippen LogP contribution in [0, 0.1) is 0 Å². The summed E-state index contributed by atoms with van der Waals surface area (Å²) in [7, 11) is 0. The predicted octanol–water partition coefficient (Wildman–Crippen LogP) is 5.02. The number of nitrogens with one attached hydrogen (secondary N) is 3. The maximum Gasteiger partial charge on any atom is 0.253 e. The number of ether oxygens (including phenoxy) is 1. The van der Waals surface area contributed by atoms with Crippen molar-refractivity contribution in [2.24, 2.45) is 0 Å². The van der Waals surface area contributed by atoms with Gasteiger partial charge in [-0.15, -0.1) is 0 Å². The Balaban J connectivity index is 1.53. The first-order valence-electron chi connectivity index (χ1n) is 10.5. The van der Waals surface area contributed by atoms with Crippen molar-refractivity contribution < 1.29 is 14.3 Å². The molecule has 1 aliphatic rings. The van der Waals surface area contributed by atoms with Crippen LogP contribution in [0.3, 0.4) is 0 Å². The summed E-state index contributed by atoms with van der Waals surface area (Å²) < 4.78 is 5.43. The Morgan fingerprint density at radius 1 is 1.06 bits per heavy atom. The van der Waals surface area contributed by atoms with E-state index in [-0.39, 0.29) is 24.4 Å². The largest absolute Gasteiger partial charge is 0.490 e. The molecule has 7 heteroatoms. The van der Waals surface area contributed by atoms with Crippen molar-refractivity contribution in [1.29, 1.82) is 0 Å². The van der Waals surface area contributed by atoms with Gasteiger partial charge in [0.1, 0.15) is 12.4 Å². The van der Waals surface area contributed by atoms with E-state index in [0.29, 0.717) is 22.9 Å². The Bertz CT molecular complexity index is 909. The van der Waals surface area contributed by atoms with Crippen LogP contribution < -0.4 is 20.7 Å². The molecule has 1 aliphatic carbocycles. The molecular formula is C24H28ClN3O3. The highest BCUT2D eigenvalue weighted by Crippen LogP contribution is 2.23. The van der Waals surface area contributed by atoms with Gasteiger partial charge in [-0.25, -0.2) is 0 Å². The summed E-state index contributed by atoms with van der Waals surface area (Å²) in [5, 5.41) is 9.28. The molecule has 2 aromatic carbocycles. The summed E-state index contributed by atoms with van der Waals surface area (Å²) in [5.74, 6) is 0.299. The second-order valence-electron chi connectivity index (χ2n) is 7.53. The maximum atomic E-state index is 12.6. The minimum atomic E-state index is -0.229.